The second kappa shape index (κ2) is 10.5. The molecule has 0 aliphatic heterocycles. The number of anilines is 1. The summed E-state index contributed by atoms with van der Waals surface area (Å²) >= 11 is 11.9. The zero-order valence-electron chi connectivity index (χ0n) is 16.6. The Morgan fingerprint density at radius 2 is 1.97 bits per heavy atom. The Balaban J connectivity index is 1.43. The molecule has 2 aromatic rings. The molecule has 0 radical (unpaired) electrons. The first-order chi connectivity index (χ1) is 14.4. The minimum Gasteiger partial charge on any atom is -0.492 e. The first-order valence-corrected chi connectivity index (χ1v) is 10.5. The Hall–Kier alpha value is -2.57. The van der Waals surface area contributed by atoms with E-state index in [9.17, 15) is 9.59 Å². The first kappa shape index (κ1) is 22.1. The van der Waals surface area contributed by atoms with Gasteiger partial charge in [0.2, 0.25) is 11.8 Å². The third-order valence-electron chi connectivity index (χ3n) is 4.54. The van der Waals surface area contributed by atoms with Crippen LogP contribution in [0.25, 0.3) is 0 Å². The monoisotopic (exact) mass is 447 g/mol. The summed E-state index contributed by atoms with van der Waals surface area (Å²) in [5.74, 6) is 0.516. The molecule has 8 heteroatoms. The van der Waals surface area contributed by atoms with Crippen molar-refractivity contribution in [2.24, 2.45) is 11.0 Å². The van der Waals surface area contributed by atoms with Crippen molar-refractivity contribution in [1.82, 2.24) is 5.43 Å². The molecule has 0 heterocycles. The molecule has 2 amide bonds. The number of amides is 2. The molecular formula is C22H23Cl2N3O3. The first-order valence-electron chi connectivity index (χ1n) is 9.74. The summed E-state index contributed by atoms with van der Waals surface area (Å²) in [6.07, 6.45) is 2.69. The molecule has 0 bridgehead atoms. The molecule has 6 nitrogen and oxygen atoms in total. The number of halogens is 2. The molecule has 158 valence electrons. The summed E-state index contributed by atoms with van der Waals surface area (Å²) in [5.41, 5.74) is 4.75. The zero-order valence-corrected chi connectivity index (χ0v) is 18.1. The van der Waals surface area contributed by atoms with Crippen molar-refractivity contribution in [3.05, 3.63) is 58.1 Å². The second-order valence-electron chi connectivity index (χ2n) is 7.10. The number of carbonyl (C=O) groups is 2. The Bertz CT molecular complexity index is 958. The summed E-state index contributed by atoms with van der Waals surface area (Å²) in [4.78, 5) is 23.9. The molecule has 1 aliphatic carbocycles. The van der Waals surface area contributed by atoms with E-state index in [0.717, 1.165) is 24.1 Å². The Labute approximate surface area is 185 Å². The highest BCUT2D eigenvalue weighted by Gasteiger charge is 2.29. The number of ether oxygens (including phenoxy) is 1. The van der Waals surface area contributed by atoms with Crippen molar-refractivity contribution in [3.63, 3.8) is 0 Å². The lowest BCUT2D eigenvalue weighted by molar-refractivity contribution is -0.121. The van der Waals surface area contributed by atoms with Gasteiger partial charge >= 0.3 is 0 Å². The largest absolute Gasteiger partial charge is 0.492 e. The number of hydrogen-bond acceptors (Lipinski definition) is 4. The van der Waals surface area contributed by atoms with E-state index in [1.165, 1.54) is 0 Å². The van der Waals surface area contributed by atoms with E-state index in [1.807, 2.05) is 24.3 Å². The molecule has 0 aromatic heterocycles. The van der Waals surface area contributed by atoms with Gasteiger partial charge in [0.25, 0.3) is 0 Å². The van der Waals surface area contributed by atoms with Gasteiger partial charge < -0.3 is 10.1 Å². The van der Waals surface area contributed by atoms with Gasteiger partial charge in [-0.1, -0.05) is 35.3 Å². The minimum atomic E-state index is -0.210. The zero-order chi connectivity index (χ0) is 21.5. The number of rotatable bonds is 9. The van der Waals surface area contributed by atoms with Gasteiger partial charge in [0.15, 0.2) is 0 Å². The molecule has 30 heavy (non-hydrogen) atoms. The summed E-state index contributed by atoms with van der Waals surface area (Å²) in [6, 6.07) is 12.4. The highest BCUT2D eigenvalue weighted by molar-refractivity contribution is 6.35. The van der Waals surface area contributed by atoms with Crippen molar-refractivity contribution in [1.29, 1.82) is 0 Å². The van der Waals surface area contributed by atoms with Crippen LogP contribution in [0.15, 0.2) is 47.6 Å². The van der Waals surface area contributed by atoms with E-state index in [4.69, 9.17) is 27.9 Å². The predicted molar refractivity (Wildman–Crippen MR) is 119 cm³/mol. The third kappa shape index (κ3) is 6.75. The molecule has 2 N–H and O–H groups in total. The molecule has 0 unspecified atom stereocenters. The summed E-state index contributed by atoms with van der Waals surface area (Å²) in [6.45, 7) is 2.15. The lowest BCUT2D eigenvalue weighted by Gasteiger charge is -2.08. The molecule has 0 saturated heterocycles. The van der Waals surface area contributed by atoms with Crippen molar-refractivity contribution < 1.29 is 14.3 Å². The van der Waals surface area contributed by atoms with Crippen LogP contribution in [-0.4, -0.2) is 24.1 Å². The van der Waals surface area contributed by atoms with E-state index in [2.05, 4.69) is 15.8 Å². The Morgan fingerprint density at radius 1 is 1.17 bits per heavy atom. The average Bonchev–Trinajstić information content (AvgIpc) is 3.56. The van der Waals surface area contributed by atoms with Crippen LogP contribution in [0.3, 0.4) is 0 Å². The van der Waals surface area contributed by atoms with Crippen LogP contribution in [0.1, 0.15) is 38.2 Å². The van der Waals surface area contributed by atoms with Crippen molar-refractivity contribution in [2.45, 2.75) is 32.6 Å². The number of hydrogen-bond donors (Lipinski definition) is 2. The maximum atomic E-state index is 12.0. The predicted octanol–water partition coefficient (Wildman–Crippen LogP) is 5.04. The van der Waals surface area contributed by atoms with Crippen molar-refractivity contribution in [2.75, 3.05) is 11.9 Å². The standard InChI is InChI=1S/C22H23Cl2N3O3/c1-14(16-4-2-5-18(12-16)25-22(29)15-7-8-15)26-27-21(28)6-3-11-30-20-10-9-17(23)13-19(20)24/h2,4-5,9-10,12-13,15H,3,6-8,11H2,1H3,(H,25,29)(H,27,28)/b26-14-. The van der Waals surface area contributed by atoms with Gasteiger partial charge in [-0.25, -0.2) is 5.43 Å². The summed E-state index contributed by atoms with van der Waals surface area (Å²) in [7, 11) is 0. The van der Waals surface area contributed by atoms with E-state index < -0.39 is 0 Å². The highest BCUT2D eigenvalue weighted by Crippen LogP contribution is 2.30. The Kier molecular flexibility index (Phi) is 7.71. The van der Waals surface area contributed by atoms with Crippen LogP contribution < -0.4 is 15.5 Å². The molecule has 3 rings (SSSR count). The fourth-order valence-corrected chi connectivity index (χ4v) is 3.15. The fraction of sp³-hybridized carbons (Fsp3) is 0.318. The van der Waals surface area contributed by atoms with Gasteiger partial charge in [0.1, 0.15) is 5.75 Å². The molecule has 1 saturated carbocycles. The lowest BCUT2D eigenvalue weighted by Crippen LogP contribution is -2.19. The SMILES string of the molecule is C/C(=N/NC(=O)CCCOc1ccc(Cl)cc1Cl)c1cccc(NC(=O)C2CC2)c1. The molecule has 2 aromatic carbocycles. The van der Waals surface area contributed by atoms with Gasteiger partial charge in [-0.15, -0.1) is 0 Å². The van der Waals surface area contributed by atoms with E-state index in [0.29, 0.717) is 34.5 Å². The average molecular weight is 448 g/mol. The summed E-state index contributed by atoms with van der Waals surface area (Å²) in [5, 5.41) is 8.03. The number of hydrazone groups is 1. The maximum absolute atomic E-state index is 12.0. The molecule has 0 atom stereocenters. The van der Waals surface area contributed by atoms with Crippen LogP contribution in [0.2, 0.25) is 10.0 Å². The van der Waals surface area contributed by atoms with Crippen molar-refractivity contribution >= 4 is 46.4 Å². The van der Waals surface area contributed by atoms with E-state index in [1.54, 1.807) is 25.1 Å². The lowest BCUT2D eigenvalue weighted by atomic mass is 10.1. The molecular weight excluding hydrogens is 425 g/mol. The fourth-order valence-electron chi connectivity index (χ4n) is 2.69. The van der Waals surface area contributed by atoms with Crippen LogP contribution in [0, 0.1) is 5.92 Å². The van der Waals surface area contributed by atoms with Gasteiger partial charge in [-0.3, -0.25) is 9.59 Å². The van der Waals surface area contributed by atoms with E-state index >= 15 is 0 Å². The molecule has 1 fully saturated rings. The normalized spacial score (nSPS) is 13.6. The van der Waals surface area contributed by atoms with Crippen LogP contribution >= 0.6 is 23.2 Å². The highest BCUT2D eigenvalue weighted by atomic mass is 35.5. The third-order valence-corrected chi connectivity index (χ3v) is 5.07. The number of nitrogens with zero attached hydrogens (tertiary/aromatic N) is 1. The van der Waals surface area contributed by atoms with Crippen LogP contribution in [-0.2, 0) is 9.59 Å². The molecule has 0 spiro atoms. The molecule has 1 aliphatic rings. The van der Waals surface area contributed by atoms with Gasteiger partial charge in [0, 0.05) is 23.0 Å². The minimum absolute atomic E-state index is 0.0529. The number of carbonyl (C=O) groups excluding carboxylic acids is 2. The topological polar surface area (TPSA) is 79.8 Å². The maximum Gasteiger partial charge on any atom is 0.240 e. The smallest absolute Gasteiger partial charge is 0.240 e. The van der Waals surface area contributed by atoms with Gasteiger partial charge in [0.05, 0.1) is 17.3 Å². The Morgan fingerprint density at radius 3 is 2.70 bits per heavy atom. The van der Waals surface area contributed by atoms with Crippen LogP contribution in [0.5, 0.6) is 5.75 Å². The second-order valence-corrected chi connectivity index (χ2v) is 7.95. The number of benzene rings is 2. The quantitative estimate of drug-likeness (QED) is 0.320. The van der Waals surface area contributed by atoms with Crippen LogP contribution in [0.4, 0.5) is 5.69 Å². The van der Waals surface area contributed by atoms with E-state index in [-0.39, 0.29) is 24.2 Å². The van der Waals surface area contributed by atoms with Gasteiger partial charge in [-0.2, -0.15) is 5.10 Å². The van der Waals surface area contributed by atoms with Gasteiger partial charge in [-0.05, 0) is 62.1 Å². The van der Waals surface area contributed by atoms with Crippen molar-refractivity contribution in [3.8, 4) is 5.75 Å². The summed E-state index contributed by atoms with van der Waals surface area (Å²) < 4.78 is 5.56. The number of nitrogens with one attached hydrogen (secondary N) is 2.